The fraction of sp³-hybridized carbons (Fsp3) is 0.520. The molecule has 1 aromatic carbocycles. The summed E-state index contributed by atoms with van der Waals surface area (Å²) in [6, 6.07) is 7.17. The largest absolute Gasteiger partial charge is 0.508 e. The molecule has 2 amide bonds. The van der Waals surface area contributed by atoms with Crippen LogP contribution < -0.4 is 0 Å². The van der Waals surface area contributed by atoms with Gasteiger partial charge in [0.1, 0.15) is 5.75 Å². The lowest BCUT2D eigenvalue weighted by Crippen LogP contribution is -2.45. The molecule has 0 saturated carbocycles. The Morgan fingerprint density at radius 1 is 1.19 bits per heavy atom. The molecule has 1 aromatic rings. The minimum Gasteiger partial charge on any atom is -0.508 e. The maximum absolute atomic E-state index is 12.8. The van der Waals surface area contributed by atoms with Gasteiger partial charge in [0, 0.05) is 7.05 Å². The lowest BCUT2D eigenvalue weighted by molar-refractivity contribution is -0.138. The zero-order chi connectivity index (χ0) is 23.0. The minimum absolute atomic E-state index is 0.0991. The molecule has 32 heavy (non-hydrogen) atoms. The van der Waals surface area contributed by atoms with Gasteiger partial charge in [-0.25, -0.2) is 0 Å². The maximum atomic E-state index is 12.8. The zero-order valence-corrected chi connectivity index (χ0v) is 19.1. The number of phenols is 1. The van der Waals surface area contributed by atoms with Crippen molar-refractivity contribution in [3.05, 3.63) is 46.5 Å². The van der Waals surface area contributed by atoms with E-state index in [1.54, 1.807) is 19.2 Å². The van der Waals surface area contributed by atoms with E-state index in [0.29, 0.717) is 12.7 Å². The third-order valence-electron chi connectivity index (χ3n) is 7.24. The number of aromatic hydroxyl groups is 1. The first kappa shape index (κ1) is 22.8. The smallest absolute Gasteiger partial charge is 0.455 e. The SMILES string of the molecule is CCC/C(=C\c1ccc(O)cc1)CC[C@H]1OB(O)C[C@H]2C1=C(C)C[C@H]1C(=O)N(C)C(=O)[C@H]12. The molecule has 0 unspecified atom stereocenters. The molecule has 6 nitrogen and oxygen atoms in total. The van der Waals surface area contributed by atoms with Crippen LogP contribution in [0, 0.1) is 17.8 Å². The van der Waals surface area contributed by atoms with Gasteiger partial charge in [0.25, 0.3) is 0 Å². The molecule has 1 aliphatic carbocycles. The van der Waals surface area contributed by atoms with Crippen molar-refractivity contribution in [3.8, 4) is 5.75 Å². The van der Waals surface area contributed by atoms with Crippen LogP contribution in [0.15, 0.2) is 41.0 Å². The summed E-state index contributed by atoms with van der Waals surface area (Å²) in [7, 11) is 0.640. The summed E-state index contributed by atoms with van der Waals surface area (Å²) >= 11 is 0. The number of hydrogen-bond donors (Lipinski definition) is 2. The average Bonchev–Trinajstić information content (AvgIpc) is 2.97. The zero-order valence-electron chi connectivity index (χ0n) is 19.1. The summed E-state index contributed by atoms with van der Waals surface area (Å²) in [6.45, 7) is 4.19. The summed E-state index contributed by atoms with van der Waals surface area (Å²) in [6.07, 6.45) is 6.38. The van der Waals surface area contributed by atoms with Gasteiger partial charge < -0.3 is 14.8 Å². The number of allylic oxidation sites excluding steroid dienone is 2. The molecule has 0 radical (unpaired) electrons. The lowest BCUT2D eigenvalue weighted by Gasteiger charge is -2.42. The number of nitrogens with zero attached hydrogens (tertiary/aromatic N) is 1. The normalized spacial score (nSPS) is 28.3. The number of benzene rings is 1. The van der Waals surface area contributed by atoms with Gasteiger partial charge in [-0.15, -0.1) is 0 Å². The van der Waals surface area contributed by atoms with E-state index in [1.807, 2.05) is 19.1 Å². The Morgan fingerprint density at radius 3 is 2.59 bits per heavy atom. The Bertz CT molecular complexity index is 954. The molecule has 2 N–H and O–H groups in total. The van der Waals surface area contributed by atoms with E-state index in [0.717, 1.165) is 42.4 Å². The summed E-state index contributed by atoms with van der Waals surface area (Å²) < 4.78 is 5.99. The molecule has 0 bridgehead atoms. The van der Waals surface area contributed by atoms with E-state index in [-0.39, 0.29) is 41.4 Å². The van der Waals surface area contributed by atoms with Gasteiger partial charge >= 0.3 is 7.12 Å². The van der Waals surface area contributed by atoms with E-state index >= 15 is 0 Å². The first-order valence-corrected chi connectivity index (χ1v) is 11.6. The number of carbonyl (C=O) groups excluding carboxylic acids is 2. The summed E-state index contributed by atoms with van der Waals surface area (Å²) in [5, 5.41) is 20.0. The summed E-state index contributed by atoms with van der Waals surface area (Å²) in [4.78, 5) is 26.7. The van der Waals surface area contributed by atoms with E-state index < -0.39 is 7.12 Å². The second-order valence-electron chi connectivity index (χ2n) is 9.41. The Hall–Kier alpha value is -2.38. The van der Waals surface area contributed by atoms with Crippen LogP contribution >= 0.6 is 0 Å². The van der Waals surface area contributed by atoms with Crippen molar-refractivity contribution in [2.45, 2.75) is 58.4 Å². The standard InChI is InChI=1S/C25H32BNO5/c1-4-5-16(13-17-6-9-18(28)10-7-17)8-11-21-22-15(2)12-19-23(20(22)14-26(31)32-21)25(30)27(3)24(19)29/h6-7,9-10,13,19-21,23,28,31H,4-5,8,11-12,14H2,1-3H3/b16-13+/t19-,20+,21-,23-/m1/s1. The van der Waals surface area contributed by atoms with Gasteiger partial charge in [-0.05, 0) is 68.1 Å². The number of rotatable bonds is 6. The van der Waals surface area contributed by atoms with E-state index in [4.69, 9.17) is 4.65 Å². The van der Waals surface area contributed by atoms with Crippen LogP contribution in [-0.2, 0) is 14.2 Å². The monoisotopic (exact) mass is 437 g/mol. The molecule has 170 valence electrons. The van der Waals surface area contributed by atoms with Crippen molar-refractivity contribution in [3.63, 3.8) is 0 Å². The molecule has 7 heteroatoms. The number of hydrogen-bond acceptors (Lipinski definition) is 5. The highest BCUT2D eigenvalue weighted by molar-refractivity contribution is 6.43. The summed E-state index contributed by atoms with van der Waals surface area (Å²) in [5.41, 5.74) is 4.58. The molecular weight excluding hydrogens is 405 g/mol. The number of carbonyl (C=O) groups is 2. The predicted octanol–water partition coefficient (Wildman–Crippen LogP) is 3.80. The van der Waals surface area contributed by atoms with Gasteiger partial charge in [0.15, 0.2) is 0 Å². The van der Waals surface area contributed by atoms with Crippen LogP contribution in [-0.4, -0.2) is 47.1 Å². The highest BCUT2D eigenvalue weighted by atomic mass is 16.5. The second-order valence-corrected chi connectivity index (χ2v) is 9.41. The van der Waals surface area contributed by atoms with E-state index in [1.165, 1.54) is 10.5 Å². The fourth-order valence-corrected chi connectivity index (χ4v) is 5.79. The Kier molecular flexibility index (Phi) is 6.58. The Balaban J connectivity index is 1.56. The Morgan fingerprint density at radius 2 is 1.91 bits per heavy atom. The first-order chi connectivity index (χ1) is 15.3. The van der Waals surface area contributed by atoms with Crippen molar-refractivity contribution in [1.29, 1.82) is 0 Å². The average molecular weight is 437 g/mol. The van der Waals surface area contributed by atoms with Crippen molar-refractivity contribution in [1.82, 2.24) is 4.90 Å². The highest BCUT2D eigenvalue weighted by Crippen LogP contribution is 2.50. The van der Waals surface area contributed by atoms with Crippen molar-refractivity contribution >= 4 is 25.0 Å². The van der Waals surface area contributed by atoms with Crippen LogP contribution in [0.5, 0.6) is 5.75 Å². The Labute approximate surface area is 190 Å². The van der Waals surface area contributed by atoms with Crippen LogP contribution in [0.4, 0.5) is 0 Å². The number of fused-ring (bicyclic) bond motifs is 3. The molecule has 0 spiro atoms. The minimum atomic E-state index is -0.926. The third kappa shape index (κ3) is 4.28. The molecular formula is C25H32BNO5. The number of amides is 2. The molecule has 2 aliphatic heterocycles. The fourth-order valence-electron chi connectivity index (χ4n) is 5.79. The maximum Gasteiger partial charge on any atom is 0.455 e. The van der Waals surface area contributed by atoms with Crippen LogP contribution in [0.25, 0.3) is 6.08 Å². The molecule has 2 fully saturated rings. The highest BCUT2D eigenvalue weighted by Gasteiger charge is 2.55. The van der Waals surface area contributed by atoms with Crippen molar-refractivity contribution in [2.24, 2.45) is 17.8 Å². The van der Waals surface area contributed by atoms with E-state index in [2.05, 4.69) is 13.0 Å². The first-order valence-electron chi connectivity index (χ1n) is 11.6. The van der Waals surface area contributed by atoms with Gasteiger partial charge in [-0.2, -0.15) is 0 Å². The third-order valence-corrected chi connectivity index (χ3v) is 7.24. The lowest BCUT2D eigenvalue weighted by atomic mass is 9.58. The molecule has 3 aliphatic rings. The van der Waals surface area contributed by atoms with Crippen LogP contribution in [0.1, 0.15) is 51.5 Å². The second kappa shape index (κ2) is 9.24. The van der Waals surface area contributed by atoms with Gasteiger partial charge in [0.05, 0.1) is 17.9 Å². The summed E-state index contributed by atoms with van der Waals surface area (Å²) in [5.74, 6) is -0.801. The molecule has 2 heterocycles. The molecule has 2 saturated heterocycles. The van der Waals surface area contributed by atoms with Gasteiger partial charge in [0.2, 0.25) is 11.8 Å². The van der Waals surface area contributed by atoms with Gasteiger partial charge in [-0.1, -0.05) is 42.7 Å². The molecule has 0 aromatic heterocycles. The van der Waals surface area contributed by atoms with Crippen molar-refractivity contribution < 1.29 is 24.4 Å². The van der Waals surface area contributed by atoms with Crippen LogP contribution in [0.2, 0.25) is 6.32 Å². The predicted molar refractivity (Wildman–Crippen MR) is 123 cm³/mol. The van der Waals surface area contributed by atoms with E-state index in [9.17, 15) is 19.7 Å². The van der Waals surface area contributed by atoms with Crippen LogP contribution in [0.3, 0.4) is 0 Å². The molecule has 4 rings (SSSR count). The number of likely N-dealkylation sites (tertiary alicyclic amines) is 1. The van der Waals surface area contributed by atoms with Crippen molar-refractivity contribution in [2.75, 3.05) is 7.05 Å². The topological polar surface area (TPSA) is 87.1 Å². The number of phenolic OH excluding ortho intramolecular Hbond substituents is 1. The quantitative estimate of drug-likeness (QED) is 0.402. The van der Waals surface area contributed by atoms with Gasteiger partial charge in [-0.3, -0.25) is 14.5 Å². The molecule has 4 atom stereocenters. The number of imide groups is 1.